The highest BCUT2D eigenvalue weighted by atomic mass is 16.6. The predicted octanol–water partition coefficient (Wildman–Crippen LogP) is 0.511. The van der Waals surface area contributed by atoms with Crippen LogP contribution in [0.1, 0.15) is 12.8 Å². The first-order valence-corrected chi connectivity index (χ1v) is 9.24. The van der Waals surface area contributed by atoms with E-state index in [1.807, 2.05) is 0 Å². The first-order chi connectivity index (χ1) is 13.5. The number of carbonyl (C=O) groups excluding carboxylic acids is 2. The number of hydrogen-bond acceptors (Lipinski definition) is 6. The lowest BCUT2D eigenvalue weighted by molar-refractivity contribution is -0.149. The Labute approximate surface area is 161 Å². The van der Waals surface area contributed by atoms with Gasteiger partial charge in [-0.2, -0.15) is 0 Å². The Kier molecular flexibility index (Phi) is 4.84. The van der Waals surface area contributed by atoms with Gasteiger partial charge in [-0.1, -0.05) is 0 Å². The van der Waals surface area contributed by atoms with E-state index < -0.39 is 17.9 Å². The van der Waals surface area contributed by atoms with E-state index in [0.29, 0.717) is 30.4 Å². The van der Waals surface area contributed by atoms with Crippen molar-refractivity contribution in [2.45, 2.75) is 25.0 Å². The molecule has 1 aromatic rings. The molecule has 1 N–H and O–H groups in total. The number of anilines is 1. The molecule has 3 aliphatic heterocycles. The number of aliphatic carboxylic acids is 1. The second kappa shape index (κ2) is 7.31. The molecule has 9 heteroatoms. The summed E-state index contributed by atoms with van der Waals surface area (Å²) in [6.45, 7) is 1.35. The summed E-state index contributed by atoms with van der Waals surface area (Å²) in [5.74, 6) is -0.940. The van der Waals surface area contributed by atoms with Crippen molar-refractivity contribution in [1.82, 2.24) is 4.90 Å². The maximum absolute atomic E-state index is 13.0. The summed E-state index contributed by atoms with van der Waals surface area (Å²) in [5.41, 5.74) is 0.635. The van der Waals surface area contributed by atoms with Gasteiger partial charge in [0.2, 0.25) is 11.8 Å². The molecular weight excluding hydrogens is 368 g/mol. The third-order valence-electron chi connectivity index (χ3n) is 5.48. The zero-order valence-electron chi connectivity index (χ0n) is 15.5. The molecule has 2 amide bonds. The number of fused-ring (bicyclic) bond motifs is 1. The van der Waals surface area contributed by atoms with Crippen LogP contribution in [-0.4, -0.2) is 73.3 Å². The van der Waals surface area contributed by atoms with Crippen molar-refractivity contribution >= 4 is 23.5 Å². The van der Waals surface area contributed by atoms with Crippen LogP contribution in [0.25, 0.3) is 0 Å². The lowest BCUT2D eigenvalue weighted by atomic mass is 10.1. The van der Waals surface area contributed by atoms with Crippen LogP contribution in [0, 0.1) is 5.92 Å². The van der Waals surface area contributed by atoms with Gasteiger partial charge in [0.1, 0.15) is 19.3 Å². The molecule has 0 saturated carbocycles. The molecule has 4 rings (SSSR count). The van der Waals surface area contributed by atoms with E-state index in [1.54, 1.807) is 23.1 Å². The smallest absolute Gasteiger partial charge is 0.326 e. The fraction of sp³-hybridized carbons (Fsp3) is 0.526. The van der Waals surface area contributed by atoms with Gasteiger partial charge in [-0.05, 0) is 12.1 Å². The highest BCUT2D eigenvalue weighted by molar-refractivity contribution is 6.01. The van der Waals surface area contributed by atoms with E-state index in [-0.39, 0.29) is 43.8 Å². The molecule has 2 saturated heterocycles. The molecule has 28 heavy (non-hydrogen) atoms. The number of rotatable bonds is 4. The molecule has 3 unspecified atom stereocenters. The fourth-order valence-electron chi connectivity index (χ4n) is 4.00. The average molecular weight is 390 g/mol. The molecule has 3 aliphatic rings. The number of hydrogen-bond donors (Lipinski definition) is 1. The van der Waals surface area contributed by atoms with Gasteiger partial charge in [-0.3, -0.25) is 9.59 Å². The molecule has 0 aliphatic carbocycles. The van der Waals surface area contributed by atoms with E-state index in [2.05, 4.69) is 0 Å². The number of methoxy groups -OCH3 is 1. The second-order valence-electron chi connectivity index (χ2n) is 7.17. The fourth-order valence-corrected chi connectivity index (χ4v) is 4.00. The summed E-state index contributed by atoms with van der Waals surface area (Å²) in [6, 6.07) is 4.32. The minimum atomic E-state index is -1.05. The molecule has 3 heterocycles. The Hall–Kier alpha value is -2.81. The van der Waals surface area contributed by atoms with Crippen molar-refractivity contribution in [2.75, 3.05) is 38.3 Å². The molecule has 150 valence electrons. The van der Waals surface area contributed by atoms with E-state index in [4.69, 9.17) is 14.2 Å². The summed E-state index contributed by atoms with van der Waals surface area (Å²) in [7, 11) is 1.50. The van der Waals surface area contributed by atoms with Crippen LogP contribution in [0.5, 0.6) is 11.5 Å². The third-order valence-corrected chi connectivity index (χ3v) is 5.48. The third kappa shape index (κ3) is 3.26. The summed E-state index contributed by atoms with van der Waals surface area (Å²) < 4.78 is 16.3. The van der Waals surface area contributed by atoms with Crippen LogP contribution in [0.2, 0.25) is 0 Å². The molecule has 0 aromatic heterocycles. The minimum absolute atomic E-state index is 0.0494. The lowest BCUT2D eigenvalue weighted by Gasteiger charge is -2.25. The molecule has 0 radical (unpaired) electrons. The van der Waals surface area contributed by atoms with Crippen LogP contribution in [-0.2, 0) is 19.1 Å². The summed E-state index contributed by atoms with van der Waals surface area (Å²) in [5, 5.41) is 9.43. The zero-order valence-corrected chi connectivity index (χ0v) is 15.5. The van der Waals surface area contributed by atoms with E-state index in [0.717, 1.165) is 0 Å². The first kappa shape index (κ1) is 18.5. The van der Waals surface area contributed by atoms with Gasteiger partial charge in [0.05, 0.1) is 12.0 Å². The van der Waals surface area contributed by atoms with E-state index in [9.17, 15) is 19.5 Å². The van der Waals surface area contributed by atoms with Crippen LogP contribution >= 0.6 is 0 Å². The summed E-state index contributed by atoms with van der Waals surface area (Å²) >= 11 is 0. The van der Waals surface area contributed by atoms with Crippen molar-refractivity contribution in [3.63, 3.8) is 0 Å². The molecule has 3 atom stereocenters. The molecular formula is C19H22N2O7. The van der Waals surface area contributed by atoms with Gasteiger partial charge in [0.15, 0.2) is 11.5 Å². The van der Waals surface area contributed by atoms with Gasteiger partial charge < -0.3 is 29.1 Å². The Morgan fingerprint density at radius 1 is 1.18 bits per heavy atom. The Morgan fingerprint density at radius 3 is 2.64 bits per heavy atom. The average Bonchev–Trinajstić information content (AvgIpc) is 3.31. The van der Waals surface area contributed by atoms with Gasteiger partial charge >= 0.3 is 5.97 Å². The van der Waals surface area contributed by atoms with Gasteiger partial charge in [-0.15, -0.1) is 0 Å². The number of carboxylic acid groups (broad SMARTS) is 1. The topological polar surface area (TPSA) is 106 Å². The van der Waals surface area contributed by atoms with Crippen molar-refractivity contribution in [3.05, 3.63) is 18.2 Å². The number of carboxylic acids is 1. The van der Waals surface area contributed by atoms with Crippen molar-refractivity contribution in [3.8, 4) is 11.5 Å². The lowest BCUT2D eigenvalue weighted by Crippen LogP contribution is -2.44. The highest BCUT2D eigenvalue weighted by Gasteiger charge is 2.45. The van der Waals surface area contributed by atoms with Gasteiger partial charge in [0.25, 0.3) is 0 Å². The molecule has 2 fully saturated rings. The molecule has 0 bridgehead atoms. The normalized spacial score (nSPS) is 26.6. The highest BCUT2D eigenvalue weighted by Crippen LogP contribution is 2.36. The van der Waals surface area contributed by atoms with Crippen LogP contribution < -0.4 is 14.4 Å². The van der Waals surface area contributed by atoms with Gasteiger partial charge in [-0.25, -0.2) is 4.79 Å². The summed E-state index contributed by atoms with van der Waals surface area (Å²) in [4.78, 5) is 39.9. The standard InChI is InChI=1S/C19H22N2O7/c1-26-13-8-14(19(24)25)21(10-13)18(23)11-6-17(22)20(9-11)12-2-3-15-16(7-12)28-5-4-27-15/h2-3,7,11,13-14H,4-6,8-10H2,1H3,(H,24,25). The van der Waals surface area contributed by atoms with Crippen LogP contribution in [0.15, 0.2) is 18.2 Å². The Bertz CT molecular complexity index is 811. The number of likely N-dealkylation sites (tertiary alicyclic amines) is 1. The molecule has 9 nitrogen and oxygen atoms in total. The second-order valence-corrected chi connectivity index (χ2v) is 7.17. The summed E-state index contributed by atoms with van der Waals surface area (Å²) in [6.07, 6.45) is -0.00576. The van der Waals surface area contributed by atoms with Crippen molar-refractivity contribution < 1.29 is 33.7 Å². The monoisotopic (exact) mass is 390 g/mol. The van der Waals surface area contributed by atoms with Crippen LogP contribution in [0.4, 0.5) is 5.69 Å². The number of amides is 2. The van der Waals surface area contributed by atoms with Crippen LogP contribution in [0.3, 0.4) is 0 Å². The minimum Gasteiger partial charge on any atom is -0.486 e. The number of benzene rings is 1. The number of carbonyl (C=O) groups is 3. The first-order valence-electron chi connectivity index (χ1n) is 9.24. The number of ether oxygens (including phenoxy) is 3. The predicted molar refractivity (Wildman–Crippen MR) is 96.4 cm³/mol. The SMILES string of the molecule is COC1CC(C(=O)O)N(C(=O)C2CC(=O)N(c3ccc4c(c3)OCCO4)C2)C1. The molecule has 1 aromatic carbocycles. The van der Waals surface area contributed by atoms with Crippen molar-refractivity contribution in [1.29, 1.82) is 0 Å². The zero-order chi connectivity index (χ0) is 19.8. The van der Waals surface area contributed by atoms with E-state index in [1.165, 1.54) is 12.0 Å². The maximum atomic E-state index is 13.0. The maximum Gasteiger partial charge on any atom is 0.326 e. The Balaban J connectivity index is 1.50. The van der Waals surface area contributed by atoms with Crippen molar-refractivity contribution in [2.24, 2.45) is 5.92 Å². The number of nitrogens with zero attached hydrogens (tertiary/aromatic N) is 2. The van der Waals surface area contributed by atoms with E-state index >= 15 is 0 Å². The Morgan fingerprint density at radius 2 is 1.93 bits per heavy atom. The molecule has 0 spiro atoms. The quantitative estimate of drug-likeness (QED) is 0.799. The largest absolute Gasteiger partial charge is 0.486 e. The van der Waals surface area contributed by atoms with Gasteiger partial charge in [0, 0.05) is 44.8 Å².